The molecule has 34 heavy (non-hydrogen) atoms. The highest BCUT2D eigenvalue weighted by molar-refractivity contribution is 7.99. The molecule has 0 saturated heterocycles. The van der Waals surface area contributed by atoms with Crippen molar-refractivity contribution in [3.8, 4) is 5.75 Å². The van der Waals surface area contributed by atoms with Crippen LogP contribution in [0.1, 0.15) is 12.8 Å². The molecule has 0 radical (unpaired) electrons. The number of rotatable bonds is 10. The molecule has 0 spiro atoms. The number of hydrogen-bond acceptors (Lipinski definition) is 6. The van der Waals surface area contributed by atoms with Crippen LogP contribution in [-0.4, -0.2) is 31.5 Å². The van der Waals surface area contributed by atoms with Gasteiger partial charge in [0.25, 0.3) is 5.91 Å². The molecule has 0 aliphatic heterocycles. The number of methoxy groups -OCH3 is 1. The third-order valence-electron chi connectivity index (χ3n) is 4.49. The van der Waals surface area contributed by atoms with Gasteiger partial charge in [-0.25, -0.2) is 0 Å². The number of esters is 1. The van der Waals surface area contributed by atoms with Crippen molar-refractivity contribution in [2.24, 2.45) is 0 Å². The van der Waals surface area contributed by atoms with E-state index in [0.29, 0.717) is 22.1 Å². The van der Waals surface area contributed by atoms with Crippen LogP contribution in [0.15, 0.2) is 82.6 Å². The summed E-state index contributed by atoms with van der Waals surface area (Å²) in [7, 11) is 1.49. The molecule has 9 heteroatoms. The predicted molar refractivity (Wildman–Crippen MR) is 132 cm³/mol. The van der Waals surface area contributed by atoms with Crippen molar-refractivity contribution in [3.05, 3.63) is 77.8 Å². The Morgan fingerprint density at radius 3 is 2.15 bits per heavy atom. The highest BCUT2D eigenvalue weighted by atomic mass is 35.5. The zero-order valence-electron chi connectivity index (χ0n) is 18.4. The molecule has 0 bridgehead atoms. The number of para-hydroxylation sites is 2. The minimum Gasteiger partial charge on any atom is -0.495 e. The lowest BCUT2D eigenvalue weighted by Crippen LogP contribution is -2.22. The van der Waals surface area contributed by atoms with Crippen molar-refractivity contribution in [1.82, 2.24) is 0 Å². The molecule has 0 aromatic heterocycles. The second-order valence-electron chi connectivity index (χ2n) is 7.04. The first-order valence-electron chi connectivity index (χ1n) is 10.3. The molecular weight excluding hydrogens is 476 g/mol. The molecule has 0 saturated carbocycles. The lowest BCUT2D eigenvalue weighted by molar-refractivity contribution is -0.147. The van der Waals surface area contributed by atoms with Gasteiger partial charge < -0.3 is 20.1 Å². The van der Waals surface area contributed by atoms with E-state index in [1.54, 1.807) is 48.2 Å². The van der Waals surface area contributed by atoms with Gasteiger partial charge in [-0.15, -0.1) is 0 Å². The molecule has 0 aliphatic rings. The maximum atomic E-state index is 12.1. The SMILES string of the molecule is COc1ccccc1NC(=O)COC(=O)CCC(=O)Nc1ccc(Sc2ccc(Cl)cc2)cc1. The molecule has 2 N–H and O–H groups in total. The Labute approximate surface area is 206 Å². The number of nitrogens with one attached hydrogen (secondary N) is 2. The molecule has 0 atom stereocenters. The average Bonchev–Trinajstić information content (AvgIpc) is 2.84. The maximum Gasteiger partial charge on any atom is 0.306 e. The van der Waals surface area contributed by atoms with Gasteiger partial charge >= 0.3 is 5.97 Å². The lowest BCUT2D eigenvalue weighted by atomic mass is 10.2. The van der Waals surface area contributed by atoms with Crippen LogP contribution in [0.25, 0.3) is 0 Å². The van der Waals surface area contributed by atoms with E-state index >= 15 is 0 Å². The van der Waals surface area contributed by atoms with E-state index in [-0.39, 0.29) is 18.7 Å². The van der Waals surface area contributed by atoms with Crippen LogP contribution in [0.2, 0.25) is 5.02 Å². The van der Waals surface area contributed by atoms with E-state index in [4.69, 9.17) is 21.1 Å². The fourth-order valence-electron chi connectivity index (χ4n) is 2.84. The summed E-state index contributed by atoms with van der Waals surface area (Å²) >= 11 is 7.48. The first-order chi connectivity index (χ1) is 16.4. The Morgan fingerprint density at radius 2 is 1.47 bits per heavy atom. The van der Waals surface area contributed by atoms with Gasteiger partial charge in [-0.1, -0.05) is 35.5 Å². The van der Waals surface area contributed by atoms with E-state index < -0.39 is 18.5 Å². The Hall–Kier alpha value is -3.49. The van der Waals surface area contributed by atoms with Gasteiger partial charge in [-0.2, -0.15) is 0 Å². The number of hydrogen-bond donors (Lipinski definition) is 2. The molecule has 0 unspecified atom stereocenters. The van der Waals surface area contributed by atoms with Crippen molar-refractivity contribution >= 4 is 52.5 Å². The molecule has 0 fully saturated rings. The van der Waals surface area contributed by atoms with Crippen LogP contribution in [0.3, 0.4) is 0 Å². The monoisotopic (exact) mass is 498 g/mol. The Balaban J connectivity index is 1.37. The highest BCUT2D eigenvalue weighted by Crippen LogP contribution is 2.29. The van der Waals surface area contributed by atoms with E-state index in [9.17, 15) is 14.4 Å². The molecular formula is C25H23ClN2O5S. The fraction of sp³-hybridized carbons (Fsp3) is 0.160. The summed E-state index contributed by atoms with van der Waals surface area (Å²) in [6.45, 7) is -0.453. The molecule has 3 aromatic carbocycles. The van der Waals surface area contributed by atoms with Gasteiger partial charge in [0, 0.05) is 26.9 Å². The van der Waals surface area contributed by atoms with Gasteiger partial charge in [-0.3, -0.25) is 14.4 Å². The number of benzene rings is 3. The lowest BCUT2D eigenvalue weighted by Gasteiger charge is -2.10. The number of carbonyl (C=O) groups excluding carboxylic acids is 3. The van der Waals surface area contributed by atoms with Gasteiger partial charge in [0.05, 0.1) is 19.2 Å². The van der Waals surface area contributed by atoms with Crippen LogP contribution < -0.4 is 15.4 Å². The summed E-state index contributed by atoms with van der Waals surface area (Å²) < 4.78 is 10.1. The number of ether oxygens (including phenoxy) is 2. The Kier molecular flexibility index (Phi) is 9.37. The van der Waals surface area contributed by atoms with Crippen molar-refractivity contribution < 1.29 is 23.9 Å². The number of anilines is 2. The van der Waals surface area contributed by atoms with Crippen molar-refractivity contribution in [2.75, 3.05) is 24.4 Å². The number of amides is 2. The molecule has 3 rings (SSSR count). The largest absolute Gasteiger partial charge is 0.495 e. The summed E-state index contributed by atoms with van der Waals surface area (Å²) in [5, 5.41) is 6.03. The van der Waals surface area contributed by atoms with E-state index in [0.717, 1.165) is 9.79 Å². The van der Waals surface area contributed by atoms with Crippen LogP contribution >= 0.6 is 23.4 Å². The van der Waals surface area contributed by atoms with Crippen LogP contribution in [0.4, 0.5) is 11.4 Å². The second kappa shape index (κ2) is 12.7. The topological polar surface area (TPSA) is 93.7 Å². The summed E-state index contributed by atoms with van der Waals surface area (Å²) in [6, 6.07) is 21.8. The van der Waals surface area contributed by atoms with Crippen LogP contribution in [0.5, 0.6) is 5.75 Å². The first-order valence-corrected chi connectivity index (χ1v) is 11.5. The summed E-state index contributed by atoms with van der Waals surface area (Å²) in [4.78, 5) is 38.1. The van der Waals surface area contributed by atoms with Gasteiger partial charge in [0.2, 0.25) is 5.91 Å². The molecule has 7 nitrogen and oxygen atoms in total. The minimum absolute atomic E-state index is 0.0613. The number of halogens is 1. The molecule has 2 amide bonds. The van der Waals surface area contributed by atoms with Gasteiger partial charge in [0.15, 0.2) is 6.61 Å². The molecule has 0 aliphatic carbocycles. The predicted octanol–water partition coefficient (Wildman–Crippen LogP) is 5.40. The fourth-order valence-corrected chi connectivity index (χ4v) is 3.78. The Morgan fingerprint density at radius 1 is 0.824 bits per heavy atom. The second-order valence-corrected chi connectivity index (χ2v) is 8.62. The van der Waals surface area contributed by atoms with Crippen LogP contribution in [0, 0.1) is 0 Å². The van der Waals surface area contributed by atoms with Crippen molar-refractivity contribution in [1.29, 1.82) is 0 Å². The maximum absolute atomic E-state index is 12.1. The average molecular weight is 499 g/mol. The summed E-state index contributed by atoms with van der Waals surface area (Å²) in [5.74, 6) is -0.970. The highest BCUT2D eigenvalue weighted by Gasteiger charge is 2.12. The normalized spacial score (nSPS) is 10.3. The van der Waals surface area contributed by atoms with E-state index in [1.165, 1.54) is 7.11 Å². The molecule has 3 aromatic rings. The van der Waals surface area contributed by atoms with Gasteiger partial charge in [-0.05, 0) is 60.7 Å². The van der Waals surface area contributed by atoms with E-state index in [2.05, 4.69) is 10.6 Å². The van der Waals surface area contributed by atoms with E-state index in [1.807, 2.05) is 36.4 Å². The first kappa shape index (κ1) is 25.1. The molecule has 176 valence electrons. The summed E-state index contributed by atoms with van der Waals surface area (Å²) in [5.41, 5.74) is 1.10. The zero-order valence-corrected chi connectivity index (χ0v) is 19.9. The quantitative estimate of drug-likeness (QED) is 0.363. The Bertz CT molecular complexity index is 1140. The standard InChI is InChI=1S/C25H23ClN2O5S/c1-32-22-5-3-2-4-21(22)28-24(30)16-33-25(31)15-14-23(29)27-18-8-12-20(13-9-18)34-19-10-6-17(26)7-11-19/h2-13H,14-16H2,1H3,(H,27,29)(H,28,30). The van der Waals surface area contributed by atoms with Crippen molar-refractivity contribution in [2.45, 2.75) is 22.6 Å². The minimum atomic E-state index is -0.639. The zero-order chi connectivity index (χ0) is 24.3. The smallest absolute Gasteiger partial charge is 0.306 e. The van der Waals surface area contributed by atoms with Gasteiger partial charge in [0.1, 0.15) is 5.75 Å². The summed E-state index contributed by atoms with van der Waals surface area (Å²) in [6.07, 6.45) is -0.202. The molecule has 0 heterocycles. The van der Waals surface area contributed by atoms with Crippen molar-refractivity contribution in [3.63, 3.8) is 0 Å². The van der Waals surface area contributed by atoms with Crippen LogP contribution in [-0.2, 0) is 19.1 Å². The number of carbonyl (C=O) groups is 3. The third kappa shape index (κ3) is 8.13. The third-order valence-corrected chi connectivity index (χ3v) is 5.76.